The van der Waals surface area contributed by atoms with E-state index in [0.717, 1.165) is 12.0 Å². The molecule has 0 radical (unpaired) electrons. The molecule has 0 saturated heterocycles. The molecule has 0 fully saturated rings. The third-order valence-electron chi connectivity index (χ3n) is 2.54. The van der Waals surface area contributed by atoms with Crippen LogP contribution in [0.25, 0.3) is 0 Å². The normalized spacial score (nSPS) is 30.2. The Morgan fingerprint density at radius 3 is 2.77 bits per heavy atom. The Labute approximate surface area is 79.3 Å². The molecule has 0 aromatic heterocycles. The fourth-order valence-corrected chi connectivity index (χ4v) is 1.81. The first kappa shape index (κ1) is 8.13. The summed E-state index contributed by atoms with van der Waals surface area (Å²) in [6, 6.07) is 0. The van der Waals surface area contributed by atoms with Crippen molar-refractivity contribution < 1.29 is 0 Å². The van der Waals surface area contributed by atoms with E-state index >= 15 is 0 Å². The summed E-state index contributed by atoms with van der Waals surface area (Å²) in [5.41, 5.74) is 1.10. The Balaban J connectivity index is 2.34. The van der Waals surface area contributed by atoms with Gasteiger partial charge in [0.2, 0.25) is 0 Å². The van der Waals surface area contributed by atoms with Crippen LogP contribution in [0.3, 0.4) is 0 Å². The van der Waals surface area contributed by atoms with Gasteiger partial charge in [-0.15, -0.1) is 6.42 Å². The molecule has 0 heterocycles. The number of rotatable bonds is 0. The first-order chi connectivity index (χ1) is 6.40. The highest BCUT2D eigenvalue weighted by Gasteiger charge is 2.16. The molecule has 0 nitrogen and oxygen atoms in total. The Morgan fingerprint density at radius 1 is 1.15 bits per heavy atom. The summed E-state index contributed by atoms with van der Waals surface area (Å²) in [5.74, 6) is 3.73. The quantitative estimate of drug-likeness (QED) is 0.488. The highest BCUT2D eigenvalue weighted by Crippen LogP contribution is 2.28. The Hall–Kier alpha value is -1.48. The molecule has 2 bridgehead atoms. The SMILES string of the molecule is C#CC1=CC=CC2C=CC=CC1C2. The second-order valence-electron chi connectivity index (χ2n) is 3.43. The van der Waals surface area contributed by atoms with E-state index in [1.54, 1.807) is 0 Å². The van der Waals surface area contributed by atoms with Crippen LogP contribution in [-0.4, -0.2) is 0 Å². The standard InChI is InChI=1S/C13H12/c1-2-12-9-5-7-11-6-3-4-8-13(12)10-11/h1,3-9,11,13H,10H2. The summed E-state index contributed by atoms with van der Waals surface area (Å²) in [6.45, 7) is 0. The van der Waals surface area contributed by atoms with E-state index in [9.17, 15) is 0 Å². The molecule has 2 aliphatic rings. The van der Waals surface area contributed by atoms with Crippen LogP contribution in [0.4, 0.5) is 0 Å². The molecular formula is C13H12. The molecular weight excluding hydrogens is 156 g/mol. The van der Waals surface area contributed by atoms with Crippen molar-refractivity contribution in [3.05, 3.63) is 48.1 Å². The van der Waals surface area contributed by atoms with E-state index in [1.807, 2.05) is 6.08 Å². The van der Waals surface area contributed by atoms with Crippen LogP contribution in [0.2, 0.25) is 0 Å². The molecule has 2 atom stereocenters. The predicted molar refractivity (Wildman–Crippen MR) is 55.9 cm³/mol. The van der Waals surface area contributed by atoms with Crippen LogP contribution in [0, 0.1) is 24.2 Å². The molecule has 2 rings (SSSR count). The van der Waals surface area contributed by atoms with Gasteiger partial charge in [0.25, 0.3) is 0 Å². The highest BCUT2D eigenvalue weighted by molar-refractivity contribution is 5.38. The van der Waals surface area contributed by atoms with Crippen LogP contribution >= 0.6 is 0 Å². The maximum Gasteiger partial charge on any atom is 0.0109 e. The second kappa shape index (κ2) is 3.49. The average Bonchev–Trinajstić information content (AvgIpc) is 2.49. The Kier molecular flexibility index (Phi) is 2.19. The first-order valence-electron chi connectivity index (χ1n) is 4.60. The first-order valence-corrected chi connectivity index (χ1v) is 4.60. The molecule has 2 unspecified atom stereocenters. The molecule has 0 heteroatoms. The van der Waals surface area contributed by atoms with Crippen molar-refractivity contribution in [3.63, 3.8) is 0 Å². The van der Waals surface area contributed by atoms with Crippen molar-refractivity contribution in [2.45, 2.75) is 6.42 Å². The maximum atomic E-state index is 5.45. The number of hydrogen-bond acceptors (Lipinski definition) is 0. The summed E-state index contributed by atoms with van der Waals surface area (Å²) in [4.78, 5) is 0. The molecule has 0 N–H and O–H groups in total. The number of hydrogen-bond donors (Lipinski definition) is 0. The summed E-state index contributed by atoms with van der Waals surface area (Å²) in [6.07, 6.45) is 21.5. The fourth-order valence-electron chi connectivity index (χ4n) is 1.81. The van der Waals surface area contributed by atoms with Gasteiger partial charge >= 0.3 is 0 Å². The maximum absolute atomic E-state index is 5.45. The van der Waals surface area contributed by atoms with Gasteiger partial charge in [-0.3, -0.25) is 0 Å². The van der Waals surface area contributed by atoms with Crippen LogP contribution in [-0.2, 0) is 0 Å². The monoisotopic (exact) mass is 168 g/mol. The molecule has 0 amide bonds. The molecule has 2 aliphatic carbocycles. The zero-order valence-corrected chi connectivity index (χ0v) is 7.48. The van der Waals surface area contributed by atoms with Gasteiger partial charge < -0.3 is 0 Å². The van der Waals surface area contributed by atoms with E-state index in [-0.39, 0.29) is 0 Å². The van der Waals surface area contributed by atoms with Crippen molar-refractivity contribution in [1.82, 2.24) is 0 Å². The van der Waals surface area contributed by atoms with E-state index in [2.05, 4.69) is 42.4 Å². The Morgan fingerprint density at radius 2 is 1.92 bits per heavy atom. The van der Waals surface area contributed by atoms with Crippen molar-refractivity contribution in [2.24, 2.45) is 11.8 Å². The smallest absolute Gasteiger partial charge is 0.0109 e. The minimum absolute atomic E-state index is 0.431. The minimum Gasteiger partial charge on any atom is -0.115 e. The summed E-state index contributed by atoms with van der Waals surface area (Å²) < 4.78 is 0. The van der Waals surface area contributed by atoms with E-state index in [1.165, 1.54) is 0 Å². The van der Waals surface area contributed by atoms with Gasteiger partial charge in [-0.25, -0.2) is 0 Å². The lowest BCUT2D eigenvalue weighted by Crippen LogP contribution is -2.02. The molecule has 0 saturated carbocycles. The molecule has 0 aromatic carbocycles. The van der Waals surface area contributed by atoms with Gasteiger partial charge in [-0.2, -0.15) is 0 Å². The molecule has 0 aliphatic heterocycles. The second-order valence-corrected chi connectivity index (χ2v) is 3.43. The van der Waals surface area contributed by atoms with Gasteiger partial charge in [0.05, 0.1) is 0 Å². The van der Waals surface area contributed by atoms with Crippen molar-refractivity contribution >= 4 is 0 Å². The highest BCUT2D eigenvalue weighted by atomic mass is 14.2. The van der Waals surface area contributed by atoms with Gasteiger partial charge in [-0.1, -0.05) is 48.5 Å². The lowest BCUT2D eigenvalue weighted by molar-refractivity contribution is 0.623. The van der Waals surface area contributed by atoms with Gasteiger partial charge in [0.1, 0.15) is 0 Å². The summed E-state index contributed by atoms with van der Waals surface area (Å²) in [5, 5.41) is 0. The van der Waals surface area contributed by atoms with Gasteiger partial charge in [-0.05, 0) is 12.3 Å². The zero-order chi connectivity index (χ0) is 9.10. The topological polar surface area (TPSA) is 0 Å². The molecule has 64 valence electrons. The van der Waals surface area contributed by atoms with Gasteiger partial charge in [0, 0.05) is 11.5 Å². The van der Waals surface area contributed by atoms with Crippen LogP contribution in [0.1, 0.15) is 6.42 Å². The fraction of sp³-hybridized carbons (Fsp3) is 0.231. The van der Waals surface area contributed by atoms with Crippen molar-refractivity contribution in [3.8, 4) is 12.3 Å². The number of terminal acetylenes is 1. The predicted octanol–water partition coefficient (Wildman–Crippen LogP) is 2.86. The lowest BCUT2D eigenvalue weighted by Gasteiger charge is -2.12. The van der Waals surface area contributed by atoms with Crippen molar-refractivity contribution in [2.75, 3.05) is 0 Å². The molecule has 0 aromatic rings. The number of allylic oxidation sites excluding steroid dienone is 8. The number of fused-ring (bicyclic) bond motifs is 2. The van der Waals surface area contributed by atoms with E-state index in [4.69, 9.17) is 6.42 Å². The molecule has 0 spiro atoms. The third kappa shape index (κ3) is 1.65. The average molecular weight is 168 g/mol. The third-order valence-corrected chi connectivity index (χ3v) is 2.54. The van der Waals surface area contributed by atoms with E-state index in [0.29, 0.717) is 11.8 Å². The van der Waals surface area contributed by atoms with Crippen LogP contribution < -0.4 is 0 Å². The molecule has 13 heavy (non-hydrogen) atoms. The van der Waals surface area contributed by atoms with Crippen molar-refractivity contribution in [1.29, 1.82) is 0 Å². The Bertz CT molecular complexity index is 345. The summed E-state index contributed by atoms with van der Waals surface area (Å²) in [7, 11) is 0. The van der Waals surface area contributed by atoms with Crippen LogP contribution in [0.5, 0.6) is 0 Å². The summed E-state index contributed by atoms with van der Waals surface area (Å²) >= 11 is 0. The minimum atomic E-state index is 0.431. The van der Waals surface area contributed by atoms with Crippen LogP contribution in [0.15, 0.2) is 48.1 Å². The lowest BCUT2D eigenvalue weighted by atomic mass is 9.91. The largest absolute Gasteiger partial charge is 0.115 e. The van der Waals surface area contributed by atoms with E-state index < -0.39 is 0 Å². The zero-order valence-electron chi connectivity index (χ0n) is 7.48. The van der Waals surface area contributed by atoms with Gasteiger partial charge in [0.15, 0.2) is 0 Å².